The second kappa shape index (κ2) is 5.30. The molecule has 0 unspecified atom stereocenters. The molecule has 1 atom stereocenters. The summed E-state index contributed by atoms with van der Waals surface area (Å²) in [5.74, 6) is -2.38. The summed E-state index contributed by atoms with van der Waals surface area (Å²) in [6, 6.07) is 7.12. The molecule has 0 heterocycles. The maximum absolute atomic E-state index is 11.1. The van der Waals surface area contributed by atoms with Crippen molar-refractivity contribution >= 4 is 11.9 Å². The van der Waals surface area contributed by atoms with Gasteiger partial charge in [0.2, 0.25) is 0 Å². The molecule has 1 aromatic rings. The van der Waals surface area contributed by atoms with Crippen LogP contribution in [0.4, 0.5) is 0 Å². The fraction of sp³-hybridized carbons (Fsp3) is 0.333. The molecule has 0 fully saturated rings. The van der Waals surface area contributed by atoms with Gasteiger partial charge in [0.25, 0.3) is 0 Å². The van der Waals surface area contributed by atoms with E-state index >= 15 is 0 Å². The van der Waals surface area contributed by atoms with Crippen molar-refractivity contribution in [1.29, 1.82) is 0 Å². The normalized spacial score (nSPS) is 11.9. The quantitative estimate of drug-likeness (QED) is 0.788. The van der Waals surface area contributed by atoms with E-state index in [1.165, 1.54) is 7.11 Å². The molecule has 4 heteroatoms. The van der Waals surface area contributed by atoms with Gasteiger partial charge in [0, 0.05) is 0 Å². The second-order valence-electron chi connectivity index (χ2n) is 3.59. The van der Waals surface area contributed by atoms with Crippen LogP contribution in [0.1, 0.15) is 23.5 Å². The molecule has 1 N–H and O–H groups in total. The van der Waals surface area contributed by atoms with Crippen LogP contribution in [0, 0.1) is 6.92 Å². The van der Waals surface area contributed by atoms with Crippen LogP contribution in [0.5, 0.6) is 0 Å². The highest BCUT2D eigenvalue weighted by Crippen LogP contribution is 2.21. The fourth-order valence-electron chi connectivity index (χ4n) is 1.48. The number of ether oxygens (including phenoxy) is 1. The molecule has 0 aliphatic carbocycles. The van der Waals surface area contributed by atoms with Gasteiger partial charge in [-0.3, -0.25) is 9.59 Å². The third kappa shape index (κ3) is 3.08. The Balaban J connectivity index is 2.94. The Labute approximate surface area is 93.9 Å². The summed E-state index contributed by atoms with van der Waals surface area (Å²) >= 11 is 0. The highest BCUT2D eigenvalue weighted by Gasteiger charge is 2.23. The zero-order valence-electron chi connectivity index (χ0n) is 9.27. The smallest absolute Gasteiger partial charge is 0.311 e. The Morgan fingerprint density at radius 2 is 2.12 bits per heavy atom. The van der Waals surface area contributed by atoms with Gasteiger partial charge in [0.1, 0.15) is 0 Å². The zero-order chi connectivity index (χ0) is 12.1. The number of carbonyl (C=O) groups is 2. The van der Waals surface area contributed by atoms with E-state index in [1.54, 1.807) is 18.2 Å². The molecule has 0 saturated heterocycles. The fourth-order valence-corrected chi connectivity index (χ4v) is 1.48. The molecule has 86 valence electrons. The number of aryl methyl sites for hydroxylation is 1. The predicted molar refractivity (Wildman–Crippen MR) is 58.2 cm³/mol. The van der Waals surface area contributed by atoms with Crippen molar-refractivity contribution in [2.24, 2.45) is 0 Å². The van der Waals surface area contributed by atoms with Crippen molar-refractivity contribution in [3.63, 3.8) is 0 Å². The van der Waals surface area contributed by atoms with Crippen molar-refractivity contribution in [3.05, 3.63) is 35.4 Å². The summed E-state index contributed by atoms with van der Waals surface area (Å²) in [6.45, 7) is 1.88. The molecule has 16 heavy (non-hydrogen) atoms. The Kier molecular flexibility index (Phi) is 4.05. The number of esters is 1. The molecule has 0 bridgehead atoms. The first-order valence-corrected chi connectivity index (χ1v) is 4.90. The Hall–Kier alpha value is -1.84. The monoisotopic (exact) mass is 222 g/mol. The number of methoxy groups -OCH3 is 1. The second-order valence-corrected chi connectivity index (χ2v) is 3.59. The average molecular weight is 222 g/mol. The van der Waals surface area contributed by atoms with Gasteiger partial charge in [-0.2, -0.15) is 0 Å². The highest BCUT2D eigenvalue weighted by molar-refractivity contribution is 5.83. The van der Waals surface area contributed by atoms with Gasteiger partial charge in [-0.15, -0.1) is 0 Å². The van der Waals surface area contributed by atoms with Crippen LogP contribution >= 0.6 is 0 Å². The van der Waals surface area contributed by atoms with E-state index in [4.69, 9.17) is 5.11 Å². The molecular formula is C12H14O4. The minimum Gasteiger partial charge on any atom is -0.481 e. The van der Waals surface area contributed by atoms with Crippen molar-refractivity contribution in [2.45, 2.75) is 19.3 Å². The summed E-state index contributed by atoms with van der Waals surface area (Å²) in [7, 11) is 1.25. The molecular weight excluding hydrogens is 208 g/mol. The molecule has 0 aromatic heterocycles. The maximum atomic E-state index is 11.1. The molecule has 0 aliphatic rings. The van der Waals surface area contributed by atoms with E-state index in [2.05, 4.69) is 4.74 Å². The lowest BCUT2D eigenvalue weighted by Gasteiger charge is -2.11. The minimum absolute atomic E-state index is 0.144. The number of hydrogen-bond acceptors (Lipinski definition) is 3. The van der Waals surface area contributed by atoms with E-state index in [1.807, 2.05) is 13.0 Å². The molecule has 0 spiro atoms. The molecule has 0 saturated carbocycles. The van der Waals surface area contributed by atoms with Crippen LogP contribution in [0.2, 0.25) is 0 Å². The van der Waals surface area contributed by atoms with Crippen molar-refractivity contribution in [2.75, 3.05) is 7.11 Å². The molecule has 0 aliphatic heterocycles. The number of carboxylic acids is 1. The zero-order valence-corrected chi connectivity index (χ0v) is 9.27. The van der Waals surface area contributed by atoms with Gasteiger partial charge in [-0.1, -0.05) is 29.8 Å². The first-order valence-electron chi connectivity index (χ1n) is 4.90. The number of benzene rings is 1. The lowest BCUT2D eigenvalue weighted by Crippen LogP contribution is -2.17. The Morgan fingerprint density at radius 1 is 1.44 bits per heavy atom. The van der Waals surface area contributed by atoms with E-state index < -0.39 is 17.9 Å². The number of hydrogen-bond donors (Lipinski definition) is 1. The number of rotatable bonds is 4. The van der Waals surface area contributed by atoms with Gasteiger partial charge in [0.15, 0.2) is 0 Å². The van der Waals surface area contributed by atoms with Crippen molar-refractivity contribution in [3.8, 4) is 0 Å². The Bertz CT molecular complexity index is 398. The third-order valence-corrected chi connectivity index (χ3v) is 2.34. The summed E-state index contributed by atoms with van der Waals surface area (Å²) in [4.78, 5) is 22.2. The summed E-state index contributed by atoms with van der Waals surface area (Å²) in [6.07, 6.45) is -0.144. The summed E-state index contributed by atoms with van der Waals surface area (Å²) in [5, 5.41) is 9.05. The lowest BCUT2D eigenvalue weighted by molar-refractivity contribution is -0.147. The van der Waals surface area contributed by atoms with Gasteiger partial charge in [-0.05, 0) is 12.5 Å². The van der Waals surface area contributed by atoms with Crippen LogP contribution in [0.25, 0.3) is 0 Å². The van der Waals surface area contributed by atoms with Crippen LogP contribution in [0.15, 0.2) is 24.3 Å². The molecule has 0 radical (unpaired) electrons. The van der Waals surface area contributed by atoms with Crippen LogP contribution in [-0.4, -0.2) is 24.2 Å². The van der Waals surface area contributed by atoms with Crippen LogP contribution < -0.4 is 0 Å². The van der Waals surface area contributed by atoms with Crippen molar-refractivity contribution in [1.82, 2.24) is 0 Å². The van der Waals surface area contributed by atoms with Gasteiger partial charge in [-0.25, -0.2) is 0 Å². The predicted octanol–water partition coefficient (Wildman–Crippen LogP) is 1.73. The maximum Gasteiger partial charge on any atom is 0.311 e. The van der Waals surface area contributed by atoms with E-state index in [0.29, 0.717) is 5.56 Å². The lowest BCUT2D eigenvalue weighted by atomic mass is 9.95. The summed E-state index contributed by atoms with van der Waals surface area (Å²) < 4.78 is 4.48. The molecule has 4 nitrogen and oxygen atoms in total. The topological polar surface area (TPSA) is 63.6 Å². The average Bonchev–Trinajstić information content (AvgIpc) is 2.25. The molecule has 1 aromatic carbocycles. The van der Waals surface area contributed by atoms with Gasteiger partial charge >= 0.3 is 11.9 Å². The minimum atomic E-state index is -1.02. The Morgan fingerprint density at radius 3 is 2.62 bits per heavy atom. The highest BCUT2D eigenvalue weighted by atomic mass is 16.5. The third-order valence-electron chi connectivity index (χ3n) is 2.34. The summed E-state index contributed by atoms with van der Waals surface area (Å²) in [5.41, 5.74) is 1.59. The van der Waals surface area contributed by atoms with Crippen molar-refractivity contribution < 1.29 is 19.4 Å². The first kappa shape index (κ1) is 12.2. The van der Waals surface area contributed by atoms with E-state index in [-0.39, 0.29) is 6.42 Å². The van der Waals surface area contributed by atoms with Crippen LogP contribution in [0.3, 0.4) is 0 Å². The van der Waals surface area contributed by atoms with E-state index in [9.17, 15) is 9.59 Å². The first-order chi connectivity index (χ1) is 7.54. The van der Waals surface area contributed by atoms with E-state index in [0.717, 1.165) is 5.56 Å². The number of aliphatic carboxylic acids is 1. The van der Waals surface area contributed by atoms with Gasteiger partial charge in [0.05, 0.1) is 19.4 Å². The number of carboxylic acid groups (broad SMARTS) is 1. The molecule has 0 amide bonds. The van der Waals surface area contributed by atoms with Gasteiger partial charge < -0.3 is 9.84 Å². The molecule has 1 rings (SSSR count). The number of carbonyl (C=O) groups excluding carboxylic acids is 1. The standard InChI is InChI=1S/C12H14O4/c1-8-4-3-5-9(6-8)10(12(14)15)7-11(13)16-2/h3-6,10H,7H2,1-2H3,(H,14,15)/t10-/m1/s1. The van der Waals surface area contributed by atoms with Crippen LogP contribution in [-0.2, 0) is 14.3 Å². The largest absolute Gasteiger partial charge is 0.481 e. The SMILES string of the molecule is COC(=O)C[C@@H](C(=O)O)c1cccc(C)c1.